The molecular formula is C11H26OSSi. The van der Waals surface area contributed by atoms with E-state index in [2.05, 4.69) is 33.4 Å². The van der Waals surface area contributed by atoms with Crippen LogP contribution in [0, 0.1) is 0 Å². The summed E-state index contributed by atoms with van der Waals surface area (Å²) < 4.78 is 6.12. The summed E-state index contributed by atoms with van der Waals surface area (Å²) in [6.45, 7) is 7.58. The minimum atomic E-state index is -1.37. The lowest BCUT2D eigenvalue weighted by atomic mass is 10.5. The third-order valence-corrected chi connectivity index (χ3v) is 7.96. The van der Waals surface area contributed by atoms with Crippen molar-refractivity contribution in [2.45, 2.75) is 58.2 Å². The lowest BCUT2D eigenvalue weighted by molar-refractivity contribution is 0.316. The Morgan fingerprint density at radius 2 is 1.57 bits per heavy atom. The summed E-state index contributed by atoms with van der Waals surface area (Å²) in [4.78, 5) is 0. The van der Waals surface area contributed by atoms with E-state index in [0.717, 1.165) is 12.4 Å². The molecule has 0 spiro atoms. The van der Waals surface area contributed by atoms with E-state index >= 15 is 0 Å². The van der Waals surface area contributed by atoms with E-state index in [1.54, 1.807) is 0 Å². The Kier molecular flexibility index (Phi) is 9.14. The molecule has 0 bridgehead atoms. The molecule has 0 atom stereocenters. The van der Waals surface area contributed by atoms with Gasteiger partial charge in [-0.15, -0.1) is 0 Å². The summed E-state index contributed by atoms with van der Waals surface area (Å²) in [6.07, 6.45) is 3.78. The minimum absolute atomic E-state index is 0.902. The number of hydrogen-bond acceptors (Lipinski definition) is 2. The lowest BCUT2D eigenvalue weighted by Gasteiger charge is -2.30. The predicted octanol–water partition coefficient (Wildman–Crippen LogP) is 4.11. The molecule has 0 radical (unpaired) electrons. The van der Waals surface area contributed by atoms with E-state index in [9.17, 15) is 0 Å². The smallest absolute Gasteiger partial charge is 0.192 e. The average molecular weight is 234 g/mol. The van der Waals surface area contributed by atoms with Crippen molar-refractivity contribution in [3.8, 4) is 0 Å². The summed E-state index contributed by atoms with van der Waals surface area (Å²) in [5, 5.41) is 0. The molecule has 0 N–H and O–H groups in total. The molecule has 0 rings (SSSR count). The topological polar surface area (TPSA) is 9.23 Å². The Labute approximate surface area is 96.2 Å². The van der Waals surface area contributed by atoms with Gasteiger partial charge in [0.25, 0.3) is 0 Å². The van der Waals surface area contributed by atoms with Crippen LogP contribution >= 0.6 is 12.6 Å². The predicted molar refractivity (Wildman–Crippen MR) is 70.9 cm³/mol. The van der Waals surface area contributed by atoms with Gasteiger partial charge in [-0.25, -0.2) is 0 Å². The van der Waals surface area contributed by atoms with Crippen molar-refractivity contribution < 1.29 is 4.43 Å². The molecule has 0 saturated carbocycles. The van der Waals surface area contributed by atoms with Crippen molar-refractivity contribution in [3.63, 3.8) is 0 Å². The second-order valence-electron chi connectivity index (χ2n) is 3.94. The third-order valence-electron chi connectivity index (χ3n) is 2.65. The normalized spacial score (nSPS) is 12.0. The van der Waals surface area contributed by atoms with E-state index in [0.29, 0.717) is 0 Å². The van der Waals surface area contributed by atoms with Crippen LogP contribution in [0.3, 0.4) is 0 Å². The van der Waals surface area contributed by atoms with Crippen LogP contribution in [0.1, 0.15) is 40.0 Å². The summed E-state index contributed by atoms with van der Waals surface area (Å²) >= 11 is 4.30. The standard InChI is InChI=1S/C11H26OSSi/c1-4-9-14(10-5-2,12-6-3)11-7-8-13/h13H,4-11H2,1-3H3. The van der Waals surface area contributed by atoms with Gasteiger partial charge < -0.3 is 4.43 Å². The molecule has 0 aliphatic carbocycles. The summed E-state index contributed by atoms with van der Waals surface area (Å²) in [6, 6.07) is 3.98. The first-order valence-corrected chi connectivity index (χ1v) is 9.15. The van der Waals surface area contributed by atoms with Gasteiger partial charge in [0.05, 0.1) is 0 Å². The molecule has 0 aromatic carbocycles. The van der Waals surface area contributed by atoms with Gasteiger partial charge in [-0.05, 0) is 37.2 Å². The second-order valence-corrected chi connectivity index (χ2v) is 8.55. The van der Waals surface area contributed by atoms with Gasteiger partial charge in [0, 0.05) is 6.61 Å². The molecule has 86 valence electrons. The van der Waals surface area contributed by atoms with Gasteiger partial charge in [-0.2, -0.15) is 12.6 Å². The quantitative estimate of drug-likeness (QED) is 0.467. The molecule has 0 saturated heterocycles. The molecule has 0 amide bonds. The fraction of sp³-hybridized carbons (Fsp3) is 1.00. The van der Waals surface area contributed by atoms with Gasteiger partial charge in [-0.1, -0.05) is 26.7 Å². The van der Waals surface area contributed by atoms with Crippen molar-refractivity contribution >= 4 is 20.9 Å². The number of rotatable bonds is 9. The molecule has 0 fully saturated rings. The van der Waals surface area contributed by atoms with Gasteiger partial charge in [0.15, 0.2) is 8.32 Å². The first kappa shape index (κ1) is 14.5. The average Bonchev–Trinajstić information content (AvgIpc) is 2.16. The number of thiol groups is 1. The van der Waals surface area contributed by atoms with Crippen molar-refractivity contribution in [1.82, 2.24) is 0 Å². The maximum Gasteiger partial charge on any atom is 0.192 e. The van der Waals surface area contributed by atoms with Crippen LogP contribution in [0.25, 0.3) is 0 Å². The highest BCUT2D eigenvalue weighted by Crippen LogP contribution is 2.27. The SMILES string of the molecule is CCC[Si](CCC)(CCCS)OCC. The fourth-order valence-electron chi connectivity index (χ4n) is 2.21. The molecule has 3 heteroatoms. The highest BCUT2D eigenvalue weighted by Gasteiger charge is 2.31. The van der Waals surface area contributed by atoms with Crippen LogP contribution in [-0.2, 0) is 4.43 Å². The van der Waals surface area contributed by atoms with Crippen LogP contribution in [0.4, 0.5) is 0 Å². The first-order chi connectivity index (χ1) is 6.74. The van der Waals surface area contributed by atoms with Gasteiger partial charge >= 0.3 is 0 Å². The zero-order valence-electron chi connectivity index (χ0n) is 10.0. The Balaban J connectivity index is 4.21. The van der Waals surface area contributed by atoms with E-state index in [-0.39, 0.29) is 0 Å². The summed E-state index contributed by atoms with van der Waals surface area (Å²) in [5.41, 5.74) is 0. The van der Waals surface area contributed by atoms with Crippen molar-refractivity contribution in [3.05, 3.63) is 0 Å². The fourth-order valence-corrected chi connectivity index (χ4v) is 7.10. The molecule has 0 aromatic rings. The Morgan fingerprint density at radius 1 is 1.00 bits per heavy atom. The molecular weight excluding hydrogens is 208 g/mol. The highest BCUT2D eigenvalue weighted by molar-refractivity contribution is 7.80. The monoisotopic (exact) mass is 234 g/mol. The van der Waals surface area contributed by atoms with Crippen LogP contribution in [0.15, 0.2) is 0 Å². The van der Waals surface area contributed by atoms with Crippen LogP contribution < -0.4 is 0 Å². The molecule has 14 heavy (non-hydrogen) atoms. The lowest BCUT2D eigenvalue weighted by Crippen LogP contribution is -2.38. The van der Waals surface area contributed by atoms with E-state index in [4.69, 9.17) is 4.43 Å². The van der Waals surface area contributed by atoms with Crippen LogP contribution in [-0.4, -0.2) is 20.7 Å². The molecule has 0 aliphatic heterocycles. The Morgan fingerprint density at radius 3 is 1.93 bits per heavy atom. The summed E-state index contributed by atoms with van der Waals surface area (Å²) in [7, 11) is -1.37. The Hall–Kier alpha value is 0.527. The highest BCUT2D eigenvalue weighted by atomic mass is 32.1. The van der Waals surface area contributed by atoms with E-state index < -0.39 is 8.32 Å². The molecule has 0 heterocycles. The zero-order chi connectivity index (χ0) is 10.9. The molecule has 0 aliphatic rings. The van der Waals surface area contributed by atoms with Crippen LogP contribution in [0.2, 0.25) is 18.1 Å². The van der Waals surface area contributed by atoms with Gasteiger partial charge in [0.1, 0.15) is 0 Å². The maximum atomic E-state index is 6.12. The molecule has 0 aromatic heterocycles. The van der Waals surface area contributed by atoms with Crippen molar-refractivity contribution in [2.24, 2.45) is 0 Å². The number of hydrogen-bond donors (Lipinski definition) is 1. The second kappa shape index (κ2) is 8.80. The van der Waals surface area contributed by atoms with Crippen molar-refractivity contribution in [1.29, 1.82) is 0 Å². The van der Waals surface area contributed by atoms with Gasteiger partial charge in [0.2, 0.25) is 0 Å². The minimum Gasteiger partial charge on any atom is -0.417 e. The first-order valence-electron chi connectivity index (χ1n) is 5.99. The van der Waals surface area contributed by atoms with Crippen molar-refractivity contribution in [2.75, 3.05) is 12.4 Å². The Bertz CT molecular complexity index is 113. The maximum absolute atomic E-state index is 6.12. The molecule has 1 nitrogen and oxygen atoms in total. The van der Waals surface area contributed by atoms with E-state index in [1.165, 1.54) is 37.4 Å². The zero-order valence-corrected chi connectivity index (χ0v) is 11.9. The summed E-state index contributed by atoms with van der Waals surface area (Å²) in [5.74, 6) is 1.01. The van der Waals surface area contributed by atoms with E-state index in [1.807, 2.05) is 0 Å². The van der Waals surface area contributed by atoms with Crippen LogP contribution in [0.5, 0.6) is 0 Å². The largest absolute Gasteiger partial charge is 0.417 e. The molecule has 0 unspecified atom stereocenters. The third kappa shape index (κ3) is 5.42. The van der Waals surface area contributed by atoms with Gasteiger partial charge in [-0.3, -0.25) is 0 Å².